The van der Waals surface area contributed by atoms with Gasteiger partial charge >= 0.3 is 5.97 Å². The molecule has 0 radical (unpaired) electrons. The van der Waals surface area contributed by atoms with Gasteiger partial charge in [-0.2, -0.15) is 5.10 Å². The molecule has 0 aliphatic carbocycles. The Morgan fingerprint density at radius 2 is 2.03 bits per heavy atom. The number of aromatic nitrogens is 1. The molecule has 8 nitrogen and oxygen atoms in total. The number of fused-ring (bicyclic) bond motifs is 1. The summed E-state index contributed by atoms with van der Waals surface area (Å²) in [6, 6.07) is 12.8. The highest BCUT2D eigenvalue weighted by molar-refractivity contribution is 8.14. The first kappa shape index (κ1) is 18.9. The molecule has 3 aromatic rings. The third-order valence-electron chi connectivity index (χ3n) is 4.66. The lowest BCUT2D eigenvalue weighted by atomic mass is 9.97. The number of aliphatic carboxylic acids is 1. The predicted molar refractivity (Wildman–Crippen MR) is 114 cm³/mol. The first-order valence-electron chi connectivity index (χ1n) is 8.74. The number of thioether (sulfide) groups is 1. The van der Waals surface area contributed by atoms with E-state index < -0.39 is 10.9 Å². The molecule has 2 heterocycles. The van der Waals surface area contributed by atoms with E-state index >= 15 is 0 Å². The van der Waals surface area contributed by atoms with E-state index in [1.54, 1.807) is 6.07 Å². The number of benzene rings is 2. The zero-order valence-corrected chi connectivity index (χ0v) is 16.2. The third kappa shape index (κ3) is 3.77. The van der Waals surface area contributed by atoms with Crippen LogP contribution in [0.15, 0.2) is 58.9 Å². The maximum atomic E-state index is 11.5. The molecule has 29 heavy (non-hydrogen) atoms. The monoisotopic (exact) mass is 408 g/mol. The molecule has 0 bridgehead atoms. The molecular weight excluding hydrogens is 392 g/mol. The Labute approximate surface area is 169 Å². The van der Waals surface area contributed by atoms with Crippen molar-refractivity contribution in [2.45, 2.75) is 6.42 Å². The number of non-ortho nitro benzene ring substituents is 1. The van der Waals surface area contributed by atoms with Crippen molar-refractivity contribution < 1.29 is 14.8 Å². The van der Waals surface area contributed by atoms with Crippen molar-refractivity contribution in [2.24, 2.45) is 17.3 Å². The second-order valence-electron chi connectivity index (χ2n) is 6.59. The molecule has 4 rings (SSSR count). The Hall–Kier alpha value is -3.46. The van der Waals surface area contributed by atoms with Crippen molar-refractivity contribution in [3.63, 3.8) is 0 Å². The molecule has 146 valence electrons. The summed E-state index contributed by atoms with van der Waals surface area (Å²) in [7, 11) is 1.95. The first-order chi connectivity index (χ1) is 13.9. The average Bonchev–Trinajstić information content (AvgIpc) is 3.33. The molecular formula is C20H16N4O4S. The highest BCUT2D eigenvalue weighted by Crippen LogP contribution is 2.33. The normalized spacial score (nSPS) is 13.4. The van der Waals surface area contributed by atoms with E-state index in [1.165, 1.54) is 6.07 Å². The summed E-state index contributed by atoms with van der Waals surface area (Å²) in [6.07, 6.45) is 2.31. The standard InChI is InChI=1S/C20H16N4O4S/c1-23-6-5-16-15(3-2-4-18(16)23)12-7-13(9-14(8-12)24(27)28)17-10-19(22-21-17)29-11-20(25)26/h2-9H,10-11H2,1H3,(H,25,26). The number of aryl methyl sites for hydroxylation is 1. The zero-order chi connectivity index (χ0) is 20.5. The summed E-state index contributed by atoms with van der Waals surface area (Å²) in [5.41, 5.74) is 3.82. The number of carboxylic acid groups (broad SMARTS) is 1. The topological polar surface area (TPSA) is 110 Å². The summed E-state index contributed by atoms with van der Waals surface area (Å²) in [6.45, 7) is 0. The highest BCUT2D eigenvalue weighted by atomic mass is 32.2. The van der Waals surface area contributed by atoms with Crippen LogP contribution in [0.2, 0.25) is 0 Å². The molecule has 1 aliphatic heterocycles. The number of carbonyl (C=O) groups is 1. The Balaban J connectivity index is 1.73. The molecule has 1 aliphatic rings. The van der Waals surface area contributed by atoms with Gasteiger partial charge in [-0.25, -0.2) is 0 Å². The van der Waals surface area contributed by atoms with Crippen LogP contribution < -0.4 is 0 Å². The van der Waals surface area contributed by atoms with Crippen molar-refractivity contribution in [1.29, 1.82) is 0 Å². The van der Waals surface area contributed by atoms with Gasteiger partial charge in [-0.05, 0) is 29.3 Å². The summed E-state index contributed by atoms with van der Waals surface area (Å²) in [5.74, 6) is -1.03. The van der Waals surface area contributed by atoms with E-state index in [1.807, 2.05) is 48.1 Å². The summed E-state index contributed by atoms with van der Waals surface area (Å²) in [4.78, 5) is 21.9. The van der Waals surface area contributed by atoms with Crippen LogP contribution in [0.4, 0.5) is 5.69 Å². The van der Waals surface area contributed by atoms with E-state index in [2.05, 4.69) is 10.2 Å². The number of rotatable bonds is 5. The van der Waals surface area contributed by atoms with Gasteiger partial charge in [0, 0.05) is 48.3 Å². The summed E-state index contributed by atoms with van der Waals surface area (Å²) in [5, 5.41) is 30.1. The minimum atomic E-state index is -0.931. The number of carboxylic acids is 1. The maximum absolute atomic E-state index is 11.5. The van der Waals surface area contributed by atoms with Crippen LogP contribution in [-0.4, -0.2) is 37.1 Å². The van der Waals surface area contributed by atoms with Gasteiger partial charge in [0.2, 0.25) is 0 Å². The number of nitro groups is 1. The van der Waals surface area contributed by atoms with Crippen molar-refractivity contribution in [1.82, 2.24) is 4.57 Å². The molecule has 0 atom stereocenters. The van der Waals surface area contributed by atoms with Gasteiger partial charge in [0.15, 0.2) is 0 Å². The van der Waals surface area contributed by atoms with E-state index in [0.717, 1.165) is 33.8 Å². The molecule has 0 amide bonds. The van der Waals surface area contributed by atoms with Crippen LogP contribution >= 0.6 is 11.8 Å². The average molecular weight is 408 g/mol. The number of nitrogens with zero attached hydrogens (tertiary/aromatic N) is 4. The van der Waals surface area contributed by atoms with Gasteiger partial charge in [0.1, 0.15) is 5.04 Å². The van der Waals surface area contributed by atoms with Crippen LogP contribution in [0.3, 0.4) is 0 Å². The van der Waals surface area contributed by atoms with Gasteiger partial charge < -0.3 is 9.67 Å². The van der Waals surface area contributed by atoms with Crippen LogP contribution in [0.25, 0.3) is 22.0 Å². The highest BCUT2D eigenvalue weighted by Gasteiger charge is 2.20. The van der Waals surface area contributed by atoms with Crippen molar-refractivity contribution in [3.8, 4) is 11.1 Å². The fourth-order valence-corrected chi connectivity index (χ4v) is 3.94. The van der Waals surface area contributed by atoms with Gasteiger partial charge in [-0.15, -0.1) is 5.10 Å². The fourth-order valence-electron chi connectivity index (χ4n) is 3.31. The van der Waals surface area contributed by atoms with Gasteiger partial charge in [-0.3, -0.25) is 14.9 Å². The second kappa shape index (κ2) is 7.51. The van der Waals surface area contributed by atoms with Crippen molar-refractivity contribution in [2.75, 3.05) is 5.75 Å². The lowest BCUT2D eigenvalue weighted by Crippen LogP contribution is -2.06. The molecule has 0 spiro atoms. The molecule has 1 N–H and O–H groups in total. The molecule has 1 aromatic heterocycles. The Morgan fingerprint density at radius 3 is 2.79 bits per heavy atom. The molecule has 0 unspecified atom stereocenters. The second-order valence-corrected chi connectivity index (χ2v) is 7.64. The Kier molecular flexibility index (Phi) is 4.89. The molecule has 0 saturated carbocycles. The zero-order valence-electron chi connectivity index (χ0n) is 15.4. The van der Waals surface area contributed by atoms with Crippen LogP contribution in [0.5, 0.6) is 0 Å². The Morgan fingerprint density at radius 1 is 1.24 bits per heavy atom. The lowest BCUT2D eigenvalue weighted by molar-refractivity contribution is -0.384. The quantitative estimate of drug-likeness (QED) is 0.505. The smallest absolute Gasteiger partial charge is 0.313 e. The van der Waals surface area contributed by atoms with E-state index in [9.17, 15) is 14.9 Å². The minimum Gasteiger partial charge on any atom is -0.481 e. The number of hydrogen-bond acceptors (Lipinski definition) is 6. The minimum absolute atomic E-state index is 0.0280. The number of nitro benzene ring substituents is 1. The van der Waals surface area contributed by atoms with Crippen LogP contribution in [-0.2, 0) is 11.8 Å². The summed E-state index contributed by atoms with van der Waals surface area (Å²) >= 11 is 1.11. The maximum Gasteiger partial charge on any atom is 0.313 e. The lowest BCUT2D eigenvalue weighted by Gasteiger charge is -2.08. The fraction of sp³-hybridized carbons (Fsp3) is 0.150. The predicted octanol–water partition coefficient (Wildman–Crippen LogP) is 4.08. The Bertz CT molecular complexity index is 1210. The van der Waals surface area contributed by atoms with Gasteiger partial charge in [0.05, 0.1) is 16.4 Å². The van der Waals surface area contributed by atoms with Gasteiger partial charge in [0.25, 0.3) is 5.69 Å². The van der Waals surface area contributed by atoms with E-state index in [-0.39, 0.29) is 11.4 Å². The molecule has 2 aromatic carbocycles. The molecule has 9 heteroatoms. The van der Waals surface area contributed by atoms with Crippen LogP contribution in [0.1, 0.15) is 12.0 Å². The molecule has 0 fully saturated rings. The van der Waals surface area contributed by atoms with Crippen molar-refractivity contribution >= 4 is 45.1 Å². The third-order valence-corrected chi connectivity index (χ3v) is 5.61. The summed E-state index contributed by atoms with van der Waals surface area (Å²) < 4.78 is 2.00. The van der Waals surface area contributed by atoms with Crippen LogP contribution in [0, 0.1) is 10.1 Å². The van der Waals surface area contributed by atoms with Crippen molar-refractivity contribution in [3.05, 3.63) is 64.3 Å². The van der Waals surface area contributed by atoms with E-state index in [0.29, 0.717) is 22.7 Å². The van der Waals surface area contributed by atoms with E-state index in [4.69, 9.17) is 5.11 Å². The first-order valence-corrected chi connectivity index (χ1v) is 9.73. The number of hydrogen-bond donors (Lipinski definition) is 1. The van der Waals surface area contributed by atoms with Gasteiger partial charge in [-0.1, -0.05) is 23.9 Å². The molecule has 0 saturated heterocycles. The SMILES string of the molecule is Cn1ccc2c(-c3cc(C4=NN=C(SCC(=O)O)C4)cc([N+](=O)[O-])c3)cccc21. The largest absolute Gasteiger partial charge is 0.481 e.